The largest absolute Gasteiger partial charge is 0.120 e. The van der Waals surface area contributed by atoms with Crippen molar-refractivity contribution in [1.29, 1.82) is 0 Å². The van der Waals surface area contributed by atoms with Crippen LogP contribution in [0.5, 0.6) is 0 Å². The Kier molecular flexibility index (Phi) is 2.40. The van der Waals surface area contributed by atoms with Crippen LogP contribution in [0.3, 0.4) is 0 Å². The lowest BCUT2D eigenvalue weighted by Gasteiger charge is -2.34. The number of alkyl halides is 2. The maximum absolute atomic E-state index is 6.63. The first-order valence-electron chi connectivity index (χ1n) is 5.05. The topological polar surface area (TPSA) is 0 Å². The maximum atomic E-state index is 6.63. The lowest BCUT2D eigenvalue weighted by molar-refractivity contribution is 0.397. The molecule has 4 unspecified atom stereocenters. The number of hydrogen-bond donors (Lipinski definition) is 0. The molecule has 0 radical (unpaired) electrons. The molecule has 0 aromatic rings. The lowest BCUT2D eigenvalue weighted by atomic mass is 9.85. The third-order valence-corrected chi connectivity index (χ3v) is 4.78. The molecule has 2 rings (SSSR count). The summed E-state index contributed by atoms with van der Waals surface area (Å²) in [5.74, 6) is 1.68. The lowest BCUT2D eigenvalue weighted by Crippen LogP contribution is -2.38. The average molecular weight is 219 g/mol. The molecule has 4 atom stereocenters. The number of allylic oxidation sites excluding steroid dienone is 2. The SMILES string of the molecule is CC(C)CC1(Cl)C2C=CC(C2)C1Cl. The smallest absolute Gasteiger partial charge is 0.0680 e. The second-order valence-corrected chi connectivity index (χ2v) is 5.99. The van der Waals surface area contributed by atoms with E-state index >= 15 is 0 Å². The van der Waals surface area contributed by atoms with Gasteiger partial charge in [0.15, 0.2) is 0 Å². The summed E-state index contributed by atoms with van der Waals surface area (Å²) in [6, 6.07) is 0. The van der Waals surface area contributed by atoms with Crippen LogP contribution in [0.2, 0.25) is 0 Å². The first kappa shape index (κ1) is 9.86. The van der Waals surface area contributed by atoms with Gasteiger partial charge in [-0.3, -0.25) is 0 Å². The predicted molar refractivity (Wildman–Crippen MR) is 58.4 cm³/mol. The number of halogens is 2. The third-order valence-electron chi connectivity index (χ3n) is 3.29. The van der Waals surface area contributed by atoms with Crippen LogP contribution in [0.25, 0.3) is 0 Å². The molecule has 0 saturated heterocycles. The van der Waals surface area contributed by atoms with Crippen molar-refractivity contribution in [2.75, 3.05) is 0 Å². The first-order chi connectivity index (χ1) is 6.04. The molecule has 0 aliphatic heterocycles. The van der Waals surface area contributed by atoms with Crippen LogP contribution in [0.4, 0.5) is 0 Å². The maximum Gasteiger partial charge on any atom is 0.0680 e. The normalized spacial score (nSPS) is 47.9. The third kappa shape index (κ3) is 1.43. The van der Waals surface area contributed by atoms with E-state index in [1.165, 1.54) is 6.42 Å². The predicted octanol–water partition coefficient (Wildman–Crippen LogP) is 3.82. The molecule has 2 heteroatoms. The Balaban J connectivity index is 2.18. The van der Waals surface area contributed by atoms with Gasteiger partial charge in [0.05, 0.1) is 10.3 Å². The summed E-state index contributed by atoms with van der Waals surface area (Å²) in [4.78, 5) is -0.158. The van der Waals surface area contributed by atoms with Gasteiger partial charge in [-0.1, -0.05) is 26.0 Å². The molecule has 1 saturated carbocycles. The van der Waals surface area contributed by atoms with Crippen LogP contribution in [0.15, 0.2) is 12.2 Å². The summed E-state index contributed by atoms with van der Waals surface area (Å²) in [5.41, 5.74) is 0. The van der Waals surface area contributed by atoms with Gasteiger partial charge in [0, 0.05) is 0 Å². The number of hydrogen-bond acceptors (Lipinski definition) is 0. The van der Waals surface area contributed by atoms with Crippen molar-refractivity contribution in [3.05, 3.63) is 12.2 Å². The fraction of sp³-hybridized carbons (Fsp3) is 0.818. The first-order valence-corrected chi connectivity index (χ1v) is 5.87. The Hall–Kier alpha value is 0.320. The summed E-state index contributed by atoms with van der Waals surface area (Å²) >= 11 is 13.0. The molecule has 0 heterocycles. The number of rotatable bonds is 2. The Bertz CT molecular complexity index is 234. The van der Waals surface area contributed by atoms with Gasteiger partial charge in [0.25, 0.3) is 0 Å². The molecule has 0 nitrogen and oxygen atoms in total. The van der Waals surface area contributed by atoms with Crippen molar-refractivity contribution in [2.24, 2.45) is 17.8 Å². The zero-order valence-electron chi connectivity index (χ0n) is 8.13. The van der Waals surface area contributed by atoms with Crippen LogP contribution in [0.1, 0.15) is 26.7 Å². The minimum atomic E-state index is -0.158. The molecule has 74 valence electrons. The van der Waals surface area contributed by atoms with Crippen LogP contribution in [0, 0.1) is 17.8 Å². The monoisotopic (exact) mass is 218 g/mol. The Morgan fingerprint density at radius 1 is 1.46 bits per heavy atom. The van der Waals surface area contributed by atoms with E-state index in [0.717, 1.165) is 6.42 Å². The molecule has 0 aromatic carbocycles. The highest BCUT2D eigenvalue weighted by molar-refractivity contribution is 6.33. The molecule has 2 aliphatic rings. The highest BCUT2D eigenvalue weighted by atomic mass is 35.5. The van der Waals surface area contributed by atoms with Gasteiger partial charge >= 0.3 is 0 Å². The van der Waals surface area contributed by atoms with Gasteiger partial charge in [0.2, 0.25) is 0 Å². The van der Waals surface area contributed by atoms with Gasteiger partial charge in [-0.2, -0.15) is 0 Å². The summed E-state index contributed by atoms with van der Waals surface area (Å²) in [7, 11) is 0. The molecule has 13 heavy (non-hydrogen) atoms. The van der Waals surface area contributed by atoms with Gasteiger partial charge < -0.3 is 0 Å². The van der Waals surface area contributed by atoms with Crippen LogP contribution < -0.4 is 0 Å². The molecule has 1 fully saturated rings. The van der Waals surface area contributed by atoms with E-state index < -0.39 is 0 Å². The quantitative estimate of drug-likeness (QED) is 0.489. The molecular formula is C11H16Cl2. The minimum absolute atomic E-state index is 0.145. The van der Waals surface area contributed by atoms with Crippen molar-refractivity contribution in [3.8, 4) is 0 Å². The van der Waals surface area contributed by atoms with Crippen LogP contribution >= 0.6 is 23.2 Å². The Labute approximate surface area is 90.3 Å². The van der Waals surface area contributed by atoms with Crippen molar-refractivity contribution in [2.45, 2.75) is 36.9 Å². The zero-order valence-corrected chi connectivity index (χ0v) is 9.65. The van der Waals surface area contributed by atoms with E-state index in [4.69, 9.17) is 23.2 Å². The van der Waals surface area contributed by atoms with E-state index in [0.29, 0.717) is 17.8 Å². The van der Waals surface area contributed by atoms with Crippen molar-refractivity contribution >= 4 is 23.2 Å². The fourth-order valence-corrected chi connectivity index (χ4v) is 3.82. The second-order valence-electron chi connectivity index (χ2n) is 4.82. The molecule has 0 spiro atoms. The molecule has 0 N–H and O–H groups in total. The van der Waals surface area contributed by atoms with E-state index in [9.17, 15) is 0 Å². The molecule has 0 aromatic heterocycles. The minimum Gasteiger partial charge on any atom is -0.120 e. The Morgan fingerprint density at radius 2 is 2.15 bits per heavy atom. The molecular weight excluding hydrogens is 203 g/mol. The van der Waals surface area contributed by atoms with E-state index in [-0.39, 0.29) is 10.3 Å². The van der Waals surface area contributed by atoms with E-state index in [1.54, 1.807) is 0 Å². The molecule has 0 amide bonds. The molecule has 2 bridgehead atoms. The summed E-state index contributed by atoms with van der Waals surface area (Å²) in [6.07, 6.45) is 6.71. The van der Waals surface area contributed by atoms with Gasteiger partial charge in [-0.05, 0) is 30.6 Å². The van der Waals surface area contributed by atoms with Crippen molar-refractivity contribution < 1.29 is 0 Å². The highest BCUT2D eigenvalue weighted by Gasteiger charge is 2.54. The standard InChI is InChI=1S/C11H16Cl2/c1-7(2)6-11(13)9-4-3-8(5-9)10(11)12/h3-4,7-10H,5-6H2,1-2H3. The van der Waals surface area contributed by atoms with E-state index in [2.05, 4.69) is 26.0 Å². The molecule has 2 aliphatic carbocycles. The Morgan fingerprint density at radius 3 is 2.62 bits per heavy atom. The van der Waals surface area contributed by atoms with Gasteiger partial charge in [-0.15, -0.1) is 23.2 Å². The van der Waals surface area contributed by atoms with Crippen LogP contribution in [-0.4, -0.2) is 10.3 Å². The highest BCUT2D eigenvalue weighted by Crippen LogP contribution is 2.55. The van der Waals surface area contributed by atoms with Crippen molar-refractivity contribution in [1.82, 2.24) is 0 Å². The fourth-order valence-electron chi connectivity index (χ4n) is 2.75. The second kappa shape index (κ2) is 3.17. The van der Waals surface area contributed by atoms with Crippen molar-refractivity contribution in [3.63, 3.8) is 0 Å². The van der Waals surface area contributed by atoms with E-state index in [1.807, 2.05) is 0 Å². The summed E-state index contributed by atoms with van der Waals surface area (Å²) < 4.78 is 0. The average Bonchev–Trinajstić information content (AvgIpc) is 2.54. The van der Waals surface area contributed by atoms with Crippen LogP contribution in [-0.2, 0) is 0 Å². The zero-order chi connectivity index (χ0) is 9.64. The summed E-state index contributed by atoms with van der Waals surface area (Å²) in [6.45, 7) is 4.42. The summed E-state index contributed by atoms with van der Waals surface area (Å²) in [5, 5.41) is 0.145. The number of fused-ring (bicyclic) bond motifs is 2. The van der Waals surface area contributed by atoms with Gasteiger partial charge in [-0.25, -0.2) is 0 Å². The van der Waals surface area contributed by atoms with Gasteiger partial charge in [0.1, 0.15) is 0 Å².